The number of methoxy groups -OCH3 is 1. The van der Waals surface area contributed by atoms with Gasteiger partial charge in [-0.05, 0) is 37.6 Å². The molecule has 2 rings (SSSR count). The number of ether oxygens (including phenoxy) is 1. The lowest BCUT2D eigenvalue weighted by atomic mass is 9.87. The molecule has 0 aliphatic carbocycles. The van der Waals surface area contributed by atoms with Gasteiger partial charge < -0.3 is 20.5 Å². The minimum absolute atomic E-state index is 0.165. The van der Waals surface area contributed by atoms with Crippen molar-refractivity contribution < 1.29 is 24.2 Å². The Hall–Kier alpha value is -2.61. The van der Waals surface area contributed by atoms with Crippen molar-refractivity contribution in [2.75, 3.05) is 27.2 Å². The molecule has 1 aliphatic rings. The molecule has 3 atom stereocenters. The fourth-order valence-corrected chi connectivity index (χ4v) is 3.99. The second kappa shape index (κ2) is 9.05. The second-order valence-corrected chi connectivity index (χ2v) is 7.10. The van der Waals surface area contributed by atoms with E-state index < -0.39 is 17.4 Å². The van der Waals surface area contributed by atoms with Crippen molar-refractivity contribution in [2.24, 2.45) is 5.92 Å². The molecule has 0 unspecified atom stereocenters. The van der Waals surface area contributed by atoms with E-state index in [2.05, 4.69) is 10.6 Å². The maximum atomic E-state index is 12.9. The normalized spacial score (nSPS) is 24.6. The van der Waals surface area contributed by atoms with Crippen molar-refractivity contribution in [2.45, 2.75) is 38.3 Å². The number of aliphatic carboxylic acids is 1. The predicted molar refractivity (Wildman–Crippen MR) is 104 cm³/mol. The van der Waals surface area contributed by atoms with Gasteiger partial charge in [0.05, 0.1) is 13.0 Å². The van der Waals surface area contributed by atoms with Crippen LogP contribution in [0, 0.1) is 5.92 Å². The molecule has 28 heavy (non-hydrogen) atoms. The Balaban J connectivity index is 2.28. The van der Waals surface area contributed by atoms with E-state index in [1.807, 2.05) is 31.2 Å². The molecule has 0 radical (unpaired) electrons. The summed E-state index contributed by atoms with van der Waals surface area (Å²) < 4.78 is 5.20. The van der Waals surface area contributed by atoms with Gasteiger partial charge in [-0.2, -0.15) is 0 Å². The summed E-state index contributed by atoms with van der Waals surface area (Å²) in [5, 5.41) is 15.4. The first-order valence-corrected chi connectivity index (χ1v) is 9.39. The molecular formula is C20H29N3O5. The smallest absolute Gasteiger partial charge is 0.324 e. The molecule has 1 aliphatic heterocycles. The highest BCUT2D eigenvalue weighted by Gasteiger charge is 2.56. The van der Waals surface area contributed by atoms with Crippen LogP contribution in [-0.4, -0.2) is 60.6 Å². The van der Waals surface area contributed by atoms with Crippen LogP contribution in [0.1, 0.15) is 38.3 Å². The van der Waals surface area contributed by atoms with Crippen LogP contribution < -0.4 is 15.4 Å². The lowest BCUT2D eigenvalue weighted by Gasteiger charge is -2.34. The van der Waals surface area contributed by atoms with Gasteiger partial charge in [0, 0.05) is 26.1 Å². The fraction of sp³-hybridized carbons (Fsp3) is 0.550. The van der Waals surface area contributed by atoms with Crippen molar-refractivity contribution in [1.82, 2.24) is 15.5 Å². The summed E-state index contributed by atoms with van der Waals surface area (Å²) >= 11 is 0. The Morgan fingerprint density at radius 1 is 1.21 bits per heavy atom. The third-order valence-electron chi connectivity index (χ3n) is 5.61. The maximum absolute atomic E-state index is 12.9. The minimum atomic E-state index is -1.11. The molecule has 3 N–H and O–H groups in total. The van der Waals surface area contributed by atoms with Gasteiger partial charge in [0.1, 0.15) is 11.3 Å². The molecule has 8 nitrogen and oxygen atoms in total. The van der Waals surface area contributed by atoms with Gasteiger partial charge in [-0.15, -0.1) is 0 Å². The van der Waals surface area contributed by atoms with Crippen LogP contribution in [0.15, 0.2) is 24.3 Å². The van der Waals surface area contributed by atoms with Gasteiger partial charge in [-0.25, -0.2) is 0 Å². The molecule has 1 saturated heterocycles. The number of carboxylic acids is 1. The van der Waals surface area contributed by atoms with Crippen LogP contribution in [0.2, 0.25) is 0 Å². The van der Waals surface area contributed by atoms with Crippen LogP contribution in [-0.2, 0) is 14.4 Å². The van der Waals surface area contributed by atoms with E-state index in [0.717, 1.165) is 5.56 Å². The number of rotatable bonds is 8. The molecule has 0 aromatic heterocycles. The Morgan fingerprint density at radius 3 is 2.32 bits per heavy atom. The molecule has 154 valence electrons. The van der Waals surface area contributed by atoms with Gasteiger partial charge in [0.2, 0.25) is 11.8 Å². The number of carboxylic acid groups (broad SMARTS) is 1. The van der Waals surface area contributed by atoms with Crippen LogP contribution in [0.5, 0.6) is 5.75 Å². The number of amides is 2. The van der Waals surface area contributed by atoms with E-state index in [9.17, 15) is 19.5 Å². The lowest BCUT2D eigenvalue weighted by molar-refractivity contribution is -0.150. The molecule has 0 bridgehead atoms. The zero-order valence-electron chi connectivity index (χ0n) is 16.8. The van der Waals surface area contributed by atoms with Crippen LogP contribution in [0.25, 0.3) is 0 Å². The zero-order valence-corrected chi connectivity index (χ0v) is 16.8. The molecular weight excluding hydrogens is 362 g/mol. The van der Waals surface area contributed by atoms with Crippen LogP contribution in [0.4, 0.5) is 0 Å². The SMILES string of the molecule is CC[C@]1(C(=O)O)C[C@@H](C(=O)NCCNC(C)=O)[C@@H](c2ccc(OC)cc2)N1C. The highest BCUT2D eigenvalue weighted by Crippen LogP contribution is 2.47. The van der Waals surface area contributed by atoms with Crippen molar-refractivity contribution >= 4 is 17.8 Å². The molecule has 2 amide bonds. The van der Waals surface area contributed by atoms with E-state index in [0.29, 0.717) is 25.3 Å². The summed E-state index contributed by atoms with van der Waals surface area (Å²) in [7, 11) is 3.34. The van der Waals surface area contributed by atoms with E-state index in [4.69, 9.17) is 4.74 Å². The number of carbonyl (C=O) groups is 3. The number of carbonyl (C=O) groups excluding carboxylic acids is 2. The first-order chi connectivity index (χ1) is 13.3. The topological polar surface area (TPSA) is 108 Å². The van der Waals surface area contributed by atoms with Crippen LogP contribution in [0.3, 0.4) is 0 Å². The molecule has 8 heteroatoms. The largest absolute Gasteiger partial charge is 0.497 e. The molecule has 1 fully saturated rings. The van der Waals surface area contributed by atoms with Crippen molar-refractivity contribution in [1.29, 1.82) is 0 Å². The van der Waals surface area contributed by atoms with Crippen molar-refractivity contribution in [3.63, 3.8) is 0 Å². The average molecular weight is 391 g/mol. The number of nitrogens with zero attached hydrogens (tertiary/aromatic N) is 1. The third-order valence-corrected chi connectivity index (χ3v) is 5.61. The summed E-state index contributed by atoms with van der Waals surface area (Å²) in [6, 6.07) is 6.97. The Labute approximate surface area is 165 Å². The molecule has 1 heterocycles. The summed E-state index contributed by atoms with van der Waals surface area (Å²) in [4.78, 5) is 37.8. The molecule has 0 spiro atoms. The van der Waals surface area contributed by atoms with E-state index >= 15 is 0 Å². The van der Waals surface area contributed by atoms with Gasteiger partial charge in [-0.1, -0.05) is 19.1 Å². The summed E-state index contributed by atoms with van der Waals surface area (Å²) in [6.45, 7) is 3.86. The van der Waals surface area contributed by atoms with Gasteiger partial charge in [0.25, 0.3) is 0 Å². The van der Waals surface area contributed by atoms with Gasteiger partial charge in [-0.3, -0.25) is 19.3 Å². The summed E-state index contributed by atoms with van der Waals surface area (Å²) in [5.41, 5.74) is -0.244. The van der Waals surface area contributed by atoms with E-state index in [1.165, 1.54) is 6.92 Å². The summed E-state index contributed by atoms with van der Waals surface area (Å²) in [5.74, 6) is -1.13. The molecule has 1 aromatic rings. The van der Waals surface area contributed by atoms with E-state index in [1.54, 1.807) is 19.1 Å². The lowest BCUT2D eigenvalue weighted by Crippen LogP contribution is -2.48. The fourth-order valence-electron chi connectivity index (χ4n) is 3.99. The predicted octanol–water partition coefficient (Wildman–Crippen LogP) is 1.17. The van der Waals surface area contributed by atoms with Crippen LogP contribution >= 0.6 is 0 Å². The summed E-state index contributed by atoms with van der Waals surface area (Å²) in [6.07, 6.45) is 0.610. The first kappa shape index (κ1) is 21.7. The van der Waals surface area contributed by atoms with E-state index in [-0.39, 0.29) is 24.3 Å². The van der Waals surface area contributed by atoms with Gasteiger partial charge in [0.15, 0.2) is 0 Å². The van der Waals surface area contributed by atoms with Crippen molar-refractivity contribution in [3.05, 3.63) is 29.8 Å². The quantitative estimate of drug-likeness (QED) is 0.574. The van der Waals surface area contributed by atoms with Gasteiger partial charge >= 0.3 is 5.97 Å². The Bertz CT molecular complexity index is 721. The van der Waals surface area contributed by atoms with Crippen molar-refractivity contribution in [3.8, 4) is 5.75 Å². The number of benzene rings is 1. The Kier molecular flexibility index (Phi) is 7.01. The third kappa shape index (κ3) is 4.27. The highest BCUT2D eigenvalue weighted by molar-refractivity contribution is 5.85. The standard InChI is InChI=1S/C20H29N3O5/c1-5-20(19(26)27)12-16(18(25)22-11-10-21-13(2)24)17(23(20)3)14-6-8-15(28-4)9-7-14/h6-9,16-17H,5,10-12H2,1-4H3,(H,21,24)(H,22,25)(H,26,27)/t16-,17-,20-/m1/s1. The average Bonchev–Trinajstić information content (AvgIpc) is 2.98. The number of hydrogen-bond acceptors (Lipinski definition) is 5. The molecule has 0 saturated carbocycles. The second-order valence-electron chi connectivity index (χ2n) is 7.10. The number of hydrogen-bond donors (Lipinski definition) is 3. The minimum Gasteiger partial charge on any atom is -0.497 e. The number of likely N-dealkylation sites (N-methyl/N-ethyl adjacent to an activating group) is 1. The number of likely N-dealkylation sites (tertiary alicyclic amines) is 1. The monoisotopic (exact) mass is 391 g/mol. The highest BCUT2D eigenvalue weighted by atomic mass is 16.5. The first-order valence-electron chi connectivity index (χ1n) is 9.39. The zero-order chi connectivity index (χ0) is 20.9. The Morgan fingerprint density at radius 2 is 1.82 bits per heavy atom. The molecule has 1 aromatic carbocycles. The number of nitrogens with one attached hydrogen (secondary N) is 2. The maximum Gasteiger partial charge on any atom is 0.324 e.